The molecule has 0 saturated heterocycles. The fraction of sp³-hybridized carbons (Fsp3) is 0.263. The number of anilines is 1. The Morgan fingerprint density at radius 1 is 1.12 bits per heavy atom. The number of aryl methyl sites for hydroxylation is 1. The summed E-state index contributed by atoms with van der Waals surface area (Å²) < 4.78 is 17.1. The number of amides is 1. The highest BCUT2D eigenvalue weighted by Gasteiger charge is 2.10. The summed E-state index contributed by atoms with van der Waals surface area (Å²) in [6.07, 6.45) is 0.780. The molecule has 0 bridgehead atoms. The van der Waals surface area contributed by atoms with Gasteiger partial charge in [-0.3, -0.25) is 9.36 Å². The number of carbonyl (C=O) groups is 1. The van der Waals surface area contributed by atoms with E-state index in [0.717, 1.165) is 5.52 Å². The molecule has 1 aromatic heterocycles. The van der Waals surface area contributed by atoms with Crippen LogP contribution in [-0.4, -0.2) is 24.7 Å². The highest BCUT2D eigenvalue weighted by Crippen LogP contribution is 2.25. The number of benzene rings is 2. The maximum atomic E-state index is 12.2. The van der Waals surface area contributed by atoms with Gasteiger partial charge in [-0.25, -0.2) is 4.79 Å². The number of aromatic nitrogens is 1. The zero-order valence-corrected chi connectivity index (χ0v) is 14.7. The lowest BCUT2D eigenvalue weighted by atomic mass is 10.2. The summed E-state index contributed by atoms with van der Waals surface area (Å²) >= 11 is 0. The Bertz CT molecular complexity index is 951. The van der Waals surface area contributed by atoms with E-state index in [1.807, 2.05) is 18.2 Å². The second-order valence-electron chi connectivity index (χ2n) is 5.74. The van der Waals surface area contributed by atoms with Crippen molar-refractivity contribution in [1.29, 1.82) is 0 Å². The second kappa shape index (κ2) is 7.77. The van der Waals surface area contributed by atoms with Crippen LogP contribution in [0.3, 0.4) is 0 Å². The van der Waals surface area contributed by atoms with E-state index in [9.17, 15) is 9.59 Å². The Balaban J connectivity index is 1.61. The fourth-order valence-electron chi connectivity index (χ4n) is 2.73. The molecule has 0 aliphatic carbocycles. The fourth-order valence-corrected chi connectivity index (χ4v) is 2.73. The molecule has 1 amide bonds. The van der Waals surface area contributed by atoms with E-state index in [0.29, 0.717) is 35.7 Å². The first-order valence-electron chi connectivity index (χ1n) is 8.22. The van der Waals surface area contributed by atoms with Crippen molar-refractivity contribution < 1.29 is 18.7 Å². The van der Waals surface area contributed by atoms with Gasteiger partial charge in [0.15, 0.2) is 5.58 Å². The normalized spacial score (nSPS) is 10.7. The molecule has 1 heterocycles. The van der Waals surface area contributed by atoms with Crippen LogP contribution in [0.5, 0.6) is 11.5 Å². The zero-order valence-electron chi connectivity index (χ0n) is 14.7. The molecule has 0 aliphatic heterocycles. The van der Waals surface area contributed by atoms with Gasteiger partial charge in [0.2, 0.25) is 5.91 Å². The maximum absolute atomic E-state index is 12.2. The summed E-state index contributed by atoms with van der Waals surface area (Å²) in [7, 11) is 3.10. The van der Waals surface area contributed by atoms with E-state index in [4.69, 9.17) is 13.9 Å². The molecule has 3 rings (SSSR count). The molecule has 0 atom stereocenters. The van der Waals surface area contributed by atoms with Crippen molar-refractivity contribution >= 4 is 22.7 Å². The first-order valence-corrected chi connectivity index (χ1v) is 8.22. The first-order chi connectivity index (χ1) is 12.6. The number of rotatable bonds is 7. The lowest BCUT2D eigenvalue weighted by Crippen LogP contribution is -2.17. The Kier molecular flexibility index (Phi) is 5.26. The van der Waals surface area contributed by atoms with Crippen molar-refractivity contribution in [3.63, 3.8) is 0 Å². The maximum Gasteiger partial charge on any atom is 0.419 e. The molecule has 0 unspecified atom stereocenters. The van der Waals surface area contributed by atoms with Gasteiger partial charge in [0.25, 0.3) is 0 Å². The number of hydrogen-bond donors (Lipinski definition) is 1. The summed E-state index contributed by atoms with van der Waals surface area (Å²) in [6, 6.07) is 12.4. The number of ether oxygens (including phenoxy) is 2. The van der Waals surface area contributed by atoms with Gasteiger partial charge in [-0.05, 0) is 18.6 Å². The van der Waals surface area contributed by atoms with Crippen LogP contribution in [0.4, 0.5) is 5.69 Å². The van der Waals surface area contributed by atoms with E-state index < -0.39 is 5.76 Å². The van der Waals surface area contributed by atoms with Gasteiger partial charge in [-0.2, -0.15) is 0 Å². The van der Waals surface area contributed by atoms with Crippen LogP contribution < -0.4 is 20.5 Å². The van der Waals surface area contributed by atoms with E-state index in [1.165, 1.54) is 4.57 Å². The van der Waals surface area contributed by atoms with Crippen LogP contribution in [0.1, 0.15) is 12.8 Å². The third-order valence-corrected chi connectivity index (χ3v) is 3.99. The molecule has 0 radical (unpaired) electrons. The Labute approximate surface area is 150 Å². The minimum absolute atomic E-state index is 0.152. The van der Waals surface area contributed by atoms with Gasteiger partial charge in [0, 0.05) is 36.9 Å². The molecule has 0 fully saturated rings. The van der Waals surface area contributed by atoms with Crippen molar-refractivity contribution in [3.8, 4) is 11.5 Å². The minimum Gasteiger partial charge on any atom is -0.497 e. The zero-order chi connectivity index (χ0) is 18.5. The lowest BCUT2D eigenvalue weighted by molar-refractivity contribution is -0.116. The molecule has 26 heavy (non-hydrogen) atoms. The van der Waals surface area contributed by atoms with Crippen LogP contribution in [0.2, 0.25) is 0 Å². The average Bonchev–Trinajstić information content (AvgIpc) is 2.96. The number of fused-ring (bicyclic) bond motifs is 1. The molecule has 0 spiro atoms. The Morgan fingerprint density at radius 3 is 2.50 bits per heavy atom. The molecule has 3 aromatic rings. The molecule has 0 saturated carbocycles. The summed E-state index contributed by atoms with van der Waals surface area (Å²) in [6.45, 7) is 0.407. The summed E-state index contributed by atoms with van der Waals surface area (Å²) in [5.41, 5.74) is 1.87. The van der Waals surface area contributed by atoms with Gasteiger partial charge in [0.05, 0.1) is 19.7 Å². The predicted molar refractivity (Wildman–Crippen MR) is 97.9 cm³/mol. The van der Waals surface area contributed by atoms with Gasteiger partial charge in [0.1, 0.15) is 11.5 Å². The lowest BCUT2D eigenvalue weighted by Gasteiger charge is -2.10. The number of oxazole rings is 1. The number of nitrogens with one attached hydrogen (secondary N) is 1. The van der Waals surface area contributed by atoms with Crippen molar-refractivity contribution in [3.05, 3.63) is 53.0 Å². The summed E-state index contributed by atoms with van der Waals surface area (Å²) in [4.78, 5) is 24.1. The van der Waals surface area contributed by atoms with E-state index in [1.54, 1.807) is 38.5 Å². The smallest absolute Gasteiger partial charge is 0.419 e. The first kappa shape index (κ1) is 17.6. The third kappa shape index (κ3) is 3.88. The second-order valence-corrected chi connectivity index (χ2v) is 5.74. The van der Waals surface area contributed by atoms with Gasteiger partial charge >= 0.3 is 5.76 Å². The number of nitrogens with zero attached hydrogens (tertiary/aromatic N) is 1. The van der Waals surface area contributed by atoms with Crippen molar-refractivity contribution in [2.24, 2.45) is 0 Å². The number of para-hydroxylation sites is 2. The molecule has 0 aliphatic rings. The summed E-state index contributed by atoms with van der Waals surface area (Å²) in [5, 5.41) is 2.81. The van der Waals surface area contributed by atoms with Crippen molar-refractivity contribution in [2.75, 3.05) is 19.5 Å². The molecular weight excluding hydrogens is 336 g/mol. The van der Waals surface area contributed by atoms with Crippen molar-refractivity contribution in [2.45, 2.75) is 19.4 Å². The van der Waals surface area contributed by atoms with Crippen LogP contribution >= 0.6 is 0 Å². The van der Waals surface area contributed by atoms with Gasteiger partial charge in [-0.15, -0.1) is 0 Å². The van der Waals surface area contributed by atoms with E-state index >= 15 is 0 Å². The van der Waals surface area contributed by atoms with Crippen LogP contribution in [0, 0.1) is 0 Å². The van der Waals surface area contributed by atoms with Crippen LogP contribution in [0.25, 0.3) is 11.1 Å². The monoisotopic (exact) mass is 356 g/mol. The molecule has 1 N–H and O–H groups in total. The van der Waals surface area contributed by atoms with E-state index in [2.05, 4.69) is 5.32 Å². The van der Waals surface area contributed by atoms with Gasteiger partial charge < -0.3 is 19.2 Å². The van der Waals surface area contributed by atoms with Crippen LogP contribution in [-0.2, 0) is 11.3 Å². The number of hydrogen-bond acceptors (Lipinski definition) is 5. The minimum atomic E-state index is -0.413. The predicted octanol–water partition coefficient (Wildman–Crippen LogP) is 3.03. The van der Waals surface area contributed by atoms with E-state index in [-0.39, 0.29) is 12.3 Å². The molecule has 7 nitrogen and oxygen atoms in total. The van der Waals surface area contributed by atoms with Crippen molar-refractivity contribution in [1.82, 2.24) is 4.57 Å². The highest BCUT2D eigenvalue weighted by molar-refractivity contribution is 5.91. The SMILES string of the molecule is COc1cc(NC(=O)CCCn2c(=O)oc3ccccc32)cc(OC)c1. The Hall–Kier alpha value is -3.22. The topological polar surface area (TPSA) is 82.7 Å². The molecule has 2 aromatic carbocycles. The Morgan fingerprint density at radius 2 is 1.81 bits per heavy atom. The number of methoxy groups -OCH3 is 2. The van der Waals surface area contributed by atoms with Gasteiger partial charge in [-0.1, -0.05) is 12.1 Å². The molecule has 136 valence electrons. The largest absolute Gasteiger partial charge is 0.497 e. The quantitative estimate of drug-likeness (QED) is 0.704. The summed E-state index contributed by atoms with van der Waals surface area (Å²) in [5.74, 6) is 0.623. The standard InChI is InChI=1S/C19H20N2O5/c1-24-14-10-13(11-15(12-14)25-2)20-18(22)8-5-9-21-16-6-3-4-7-17(16)26-19(21)23/h3-4,6-7,10-12H,5,8-9H2,1-2H3,(H,20,22). The van der Waals surface area contributed by atoms with Crippen LogP contribution in [0.15, 0.2) is 51.7 Å². The average molecular weight is 356 g/mol. The molecular formula is C19H20N2O5. The number of carbonyl (C=O) groups excluding carboxylic acids is 1. The molecule has 7 heteroatoms. The third-order valence-electron chi connectivity index (χ3n) is 3.99. The highest BCUT2D eigenvalue weighted by atomic mass is 16.5.